The topological polar surface area (TPSA) is 12.0 Å². The van der Waals surface area contributed by atoms with E-state index in [1.165, 1.54) is 35.8 Å². The highest BCUT2D eigenvalue weighted by Crippen LogP contribution is 2.48. The lowest BCUT2D eigenvalue weighted by Crippen LogP contribution is -2.23. The Balaban J connectivity index is 0.000000853. The minimum absolute atomic E-state index is 0. The van der Waals surface area contributed by atoms with E-state index in [0.29, 0.717) is 5.41 Å². The van der Waals surface area contributed by atoms with Gasteiger partial charge in [-0.05, 0) is 36.6 Å². The van der Waals surface area contributed by atoms with Gasteiger partial charge in [-0.25, -0.2) is 0 Å². The third kappa shape index (κ3) is 1.68. The first-order chi connectivity index (χ1) is 6.80. The minimum atomic E-state index is 0. The molecule has 0 bridgehead atoms. The number of hydrogen-bond acceptors (Lipinski definition) is 1. The van der Waals surface area contributed by atoms with Crippen molar-refractivity contribution in [3.63, 3.8) is 0 Å². The average molecular weight is 289 g/mol. The van der Waals surface area contributed by atoms with Crippen LogP contribution < -0.4 is 5.32 Å². The summed E-state index contributed by atoms with van der Waals surface area (Å²) in [6, 6.07) is 6.63. The summed E-state index contributed by atoms with van der Waals surface area (Å²) in [4.78, 5) is 0. The van der Waals surface area contributed by atoms with Crippen LogP contribution in [0.4, 0.5) is 5.69 Å². The molecule has 2 aliphatic rings. The molecule has 3 heteroatoms. The Bertz CT molecular complexity index is 372. The van der Waals surface area contributed by atoms with Gasteiger partial charge in [0.15, 0.2) is 0 Å². The molecule has 1 aromatic rings. The van der Waals surface area contributed by atoms with Crippen LogP contribution in [0.1, 0.15) is 31.2 Å². The van der Waals surface area contributed by atoms with Crippen LogP contribution in [-0.2, 0) is 5.41 Å². The van der Waals surface area contributed by atoms with Gasteiger partial charge in [0.2, 0.25) is 0 Å². The Labute approximate surface area is 105 Å². The van der Waals surface area contributed by atoms with E-state index in [-0.39, 0.29) is 12.4 Å². The molecule has 82 valence electrons. The number of halogens is 2. The van der Waals surface area contributed by atoms with Crippen molar-refractivity contribution >= 4 is 34.0 Å². The van der Waals surface area contributed by atoms with E-state index in [4.69, 9.17) is 0 Å². The first kappa shape index (κ1) is 11.3. The summed E-state index contributed by atoms with van der Waals surface area (Å²) in [7, 11) is 0. The second-order valence-corrected chi connectivity index (χ2v) is 5.45. The predicted octanol–water partition coefficient (Wildman–Crippen LogP) is 4.11. The lowest BCUT2D eigenvalue weighted by molar-refractivity contribution is 0.489. The Kier molecular flexibility index (Phi) is 3.00. The van der Waals surface area contributed by atoms with Crippen LogP contribution in [0.15, 0.2) is 22.7 Å². The number of rotatable bonds is 0. The summed E-state index contributed by atoms with van der Waals surface area (Å²) in [5.41, 5.74) is 3.37. The molecule has 0 amide bonds. The van der Waals surface area contributed by atoms with Gasteiger partial charge in [0, 0.05) is 22.1 Å². The van der Waals surface area contributed by atoms with Crippen LogP contribution >= 0.6 is 28.3 Å². The van der Waals surface area contributed by atoms with Crippen LogP contribution in [0.25, 0.3) is 0 Å². The molecule has 0 saturated heterocycles. The summed E-state index contributed by atoms with van der Waals surface area (Å²) >= 11 is 3.57. The maximum Gasteiger partial charge on any atom is 0.0380 e. The summed E-state index contributed by atoms with van der Waals surface area (Å²) in [6.45, 7) is 1.15. The van der Waals surface area contributed by atoms with Crippen LogP contribution in [0.2, 0.25) is 0 Å². The van der Waals surface area contributed by atoms with Crippen molar-refractivity contribution in [1.29, 1.82) is 0 Å². The van der Waals surface area contributed by atoms with Crippen molar-refractivity contribution in [3.05, 3.63) is 28.2 Å². The van der Waals surface area contributed by atoms with Crippen molar-refractivity contribution in [3.8, 4) is 0 Å². The highest BCUT2D eigenvalue weighted by atomic mass is 79.9. The molecule has 0 aromatic heterocycles. The van der Waals surface area contributed by atoms with Crippen molar-refractivity contribution in [2.45, 2.75) is 31.1 Å². The lowest BCUT2D eigenvalue weighted by Gasteiger charge is -2.22. The fraction of sp³-hybridized carbons (Fsp3) is 0.500. The fourth-order valence-corrected chi connectivity index (χ4v) is 3.33. The Morgan fingerprint density at radius 3 is 2.67 bits per heavy atom. The molecule has 3 rings (SSSR count). The summed E-state index contributed by atoms with van der Waals surface area (Å²) < 4.78 is 1.21. The SMILES string of the molecule is Brc1ccc2c(c1)C1(CCCC1)CN2.Cl. The second-order valence-electron chi connectivity index (χ2n) is 4.53. The summed E-state index contributed by atoms with van der Waals surface area (Å²) in [5, 5.41) is 3.54. The molecule has 1 heterocycles. The smallest absolute Gasteiger partial charge is 0.0380 e. The zero-order chi connectivity index (χ0) is 9.60. The van der Waals surface area contributed by atoms with Gasteiger partial charge in [-0.2, -0.15) is 0 Å². The fourth-order valence-electron chi connectivity index (χ4n) is 2.97. The monoisotopic (exact) mass is 287 g/mol. The predicted molar refractivity (Wildman–Crippen MR) is 70.0 cm³/mol. The molecule has 1 aromatic carbocycles. The standard InChI is InChI=1S/C12H14BrN.ClH/c13-9-3-4-11-10(7-9)12(8-14-11)5-1-2-6-12;/h3-4,7,14H,1-2,5-6,8H2;1H. The van der Waals surface area contributed by atoms with Gasteiger partial charge in [-0.3, -0.25) is 0 Å². The van der Waals surface area contributed by atoms with Crippen LogP contribution in [0, 0.1) is 0 Å². The molecule has 0 radical (unpaired) electrons. The zero-order valence-electron chi connectivity index (χ0n) is 8.55. The van der Waals surface area contributed by atoms with Crippen molar-refractivity contribution in [2.75, 3.05) is 11.9 Å². The molecule has 1 aliphatic heterocycles. The molecular weight excluding hydrogens is 273 g/mol. The lowest BCUT2D eigenvalue weighted by atomic mass is 9.81. The maximum absolute atomic E-state index is 3.57. The summed E-state index contributed by atoms with van der Waals surface area (Å²) in [5.74, 6) is 0. The van der Waals surface area contributed by atoms with Crippen molar-refractivity contribution in [2.24, 2.45) is 0 Å². The second kappa shape index (κ2) is 3.99. The molecule has 1 fully saturated rings. The molecular formula is C12H15BrClN. The van der Waals surface area contributed by atoms with Crippen molar-refractivity contribution < 1.29 is 0 Å². The van der Waals surface area contributed by atoms with Crippen LogP contribution in [0.5, 0.6) is 0 Å². The van der Waals surface area contributed by atoms with E-state index in [0.717, 1.165) is 6.54 Å². The third-order valence-corrected chi connectivity index (χ3v) is 4.22. The Hall–Kier alpha value is -0.210. The van der Waals surface area contributed by atoms with E-state index in [1.54, 1.807) is 5.56 Å². The van der Waals surface area contributed by atoms with Gasteiger partial charge in [-0.1, -0.05) is 28.8 Å². The Morgan fingerprint density at radius 2 is 1.93 bits per heavy atom. The van der Waals surface area contributed by atoms with Crippen molar-refractivity contribution in [1.82, 2.24) is 0 Å². The van der Waals surface area contributed by atoms with Crippen LogP contribution in [-0.4, -0.2) is 6.54 Å². The first-order valence-corrected chi connectivity index (χ1v) is 6.13. The molecule has 0 unspecified atom stereocenters. The van der Waals surface area contributed by atoms with Gasteiger partial charge < -0.3 is 5.32 Å². The normalized spacial score (nSPS) is 20.9. The number of hydrogen-bond donors (Lipinski definition) is 1. The molecule has 1 saturated carbocycles. The molecule has 1 nitrogen and oxygen atoms in total. The Morgan fingerprint density at radius 1 is 1.20 bits per heavy atom. The summed E-state index contributed by atoms with van der Waals surface area (Å²) in [6.07, 6.45) is 5.52. The molecule has 1 N–H and O–H groups in total. The van der Waals surface area contributed by atoms with Gasteiger partial charge in [0.25, 0.3) is 0 Å². The van der Waals surface area contributed by atoms with Gasteiger partial charge >= 0.3 is 0 Å². The first-order valence-electron chi connectivity index (χ1n) is 5.34. The zero-order valence-corrected chi connectivity index (χ0v) is 11.0. The van der Waals surface area contributed by atoms with Gasteiger partial charge in [0.05, 0.1) is 0 Å². The minimum Gasteiger partial charge on any atom is -0.384 e. The third-order valence-electron chi connectivity index (χ3n) is 3.73. The average Bonchev–Trinajstić information content (AvgIpc) is 2.77. The largest absolute Gasteiger partial charge is 0.384 e. The maximum atomic E-state index is 3.57. The highest BCUT2D eigenvalue weighted by molar-refractivity contribution is 9.10. The van der Waals surface area contributed by atoms with E-state index in [2.05, 4.69) is 39.4 Å². The van der Waals surface area contributed by atoms with Gasteiger partial charge in [-0.15, -0.1) is 12.4 Å². The highest BCUT2D eigenvalue weighted by Gasteiger charge is 2.40. The molecule has 0 atom stereocenters. The van der Waals surface area contributed by atoms with E-state index in [9.17, 15) is 0 Å². The number of fused-ring (bicyclic) bond motifs is 2. The van der Waals surface area contributed by atoms with E-state index < -0.39 is 0 Å². The van der Waals surface area contributed by atoms with Crippen LogP contribution in [0.3, 0.4) is 0 Å². The number of benzene rings is 1. The van der Waals surface area contributed by atoms with E-state index >= 15 is 0 Å². The molecule has 1 aliphatic carbocycles. The molecule has 15 heavy (non-hydrogen) atoms. The quantitative estimate of drug-likeness (QED) is 0.757. The number of anilines is 1. The molecule has 1 spiro atoms. The number of nitrogens with one attached hydrogen (secondary N) is 1. The van der Waals surface area contributed by atoms with E-state index in [1.807, 2.05) is 0 Å². The van der Waals surface area contributed by atoms with Gasteiger partial charge in [0.1, 0.15) is 0 Å².